The summed E-state index contributed by atoms with van der Waals surface area (Å²) in [6.07, 6.45) is 0. The first-order valence-corrected chi connectivity index (χ1v) is 7.96. The lowest BCUT2D eigenvalue weighted by atomic mass is 9.85. The second-order valence-corrected chi connectivity index (χ2v) is 6.21. The van der Waals surface area contributed by atoms with Crippen LogP contribution < -0.4 is 15.9 Å². The van der Waals surface area contributed by atoms with Crippen molar-refractivity contribution in [1.29, 1.82) is 0 Å². The first-order valence-electron chi connectivity index (χ1n) is 7.14. The average molecular weight is 374 g/mol. The number of nitrogens with one attached hydrogen (secondary N) is 4. The van der Waals surface area contributed by atoms with Crippen molar-refractivity contribution in [2.45, 2.75) is 5.92 Å². The Morgan fingerprint density at radius 1 is 0.920 bits per heavy atom. The summed E-state index contributed by atoms with van der Waals surface area (Å²) >= 11 is 9.84. The molecule has 8 nitrogen and oxygen atoms in total. The number of hydrogen-bond donors (Lipinski definition) is 5. The van der Waals surface area contributed by atoms with E-state index < -0.39 is 22.9 Å². The molecule has 25 heavy (non-hydrogen) atoms. The van der Waals surface area contributed by atoms with Crippen LogP contribution in [-0.2, 0) is 0 Å². The number of benzene rings is 1. The predicted molar refractivity (Wildman–Crippen MR) is 93.6 cm³/mol. The molecule has 0 bridgehead atoms. The number of aromatic nitrogens is 4. The Kier molecular flexibility index (Phi) is 3.44. The van der Waals surface area contributed by atoms with Crippen molar-refractivity contribution in [3.8, 4) is 17.5 Å². The molecule has 0 aliphatic carbocycles. The van der Waals surface area contributed by atoms with Crippen LogP contribution in [0.1, 0.15) is 22.6 Å². The lowest BCUT2D eigenvalue weighted by Crippen LogP contribution is -2.28. The van der Waals surface area contributed by atoms with E-state index in [1.54, 1.807) is 24.3 Å². The highest BCUT2D eigenvalue weighted by Gasteiger charge is 2.35. The minimum absolute atomic E-state index is 0.0202. The summed E-state index contributed by atoms with van der Waals surface area (Å²) in [6.45, 7) is 0. The Hall–Kier alpha value is -2.98. The van der Waals surface area contributed by atoms with Crippen LogP contribution in [0.3, 0.4) is 0 Å². The molecule has 1 aliphatic rings. The molecule has 0 saturated carbocycles. The summed E-state index contributed by atoms with van der Waals surface area (Å²) in [5, 5.41) is 10.3. The number of aromatic hydroxyl groups is 1. The minimum atomic E-state index is -0.869. The van der Waals surface area contributed by atoms with Crippen LogP contribution in [-0.4, -0.2) is 25.0 Å². The summed E-state index contributed by atoms with van der Waals surface area (Å²) in [6, 6.07) is 6.91. The molecule has 0 spiro atoms. The molecule has 2 aromatic heterocycles. The summed E-state index contributed by atoms with van der Waals surface area (Å²) in [5.74, 6) is -0.717. The van der Waals surface area contributed by atoms with Gasteiger partial charge in [-0.25, -0.2) is 0 Å². The molecule has 0 amide bonds. The number of ether oxygens (including phenoxy) is 1. The Labute approximate surface area is 149 Å². The molecule has 126 valence electrons. The molecule has 0 radical (unpaired) electrons. The third-order valence-corrected chi connectivity index (χ3v) is 4.33. The smallest absolute Gasteiger partial charge is 0.259 e. The highest BCUT2D eigenvalue weighted by atomic mass is 32.1. The van der Waals surface area contributed by atoms with E-state index in [-0.39, 0.29) is 26.5 Å². The molecule has 4 rings (SSSR count). The largest absolute Gasteiger partial charge is 0.494 e. The van der Waals surface area contributed by atoms with Crippen LogP contribution in [0.5, 0.6) is 17.5 Å². The second-order valence-electron chi connectivity index (χ2n) is 5.39. The molecule has 0 fully saturated rings. The number of hydrogen-bond acceptors (Lipinski definition) is 6. The van der Waals surface area contributed by atoms with E-state index in [2.05, 4.69) is 19.9 Å². The van der Waals surface area contributed by atoms with E-state index in [0.717, 1.165) is 0 Å². The fraction of sp³-hybridized carbons (Fsp3) is 0.0667. The number of aromatic amines is 4. The van der Waals surface area contributed by atoms with Crippen molar-refractivity contribution in [2.75, 3.05) is 0 Å². The van der Waals surface area contributed by atoms with E-state index in [0.29, 0.717) is 11.3 Å². The lowest BCUT2D eigenvalue weighted by Gasteiger charge is -2.26. The number of fused-ring (bicyclic) bond motifs is 2. The van der Waals surface area contributed by atoms with Gasteiger partial charge in [-0.3, -0.25) is 19.6 Å². The van der Waals surface area contributed by atoms with Crippen molar-refractivity contribution >= 4 is 24.4 Å². The molecule has 1 aliphatic heterocycles. The van der Waals surface area contributed by atoms with E-state index in [9.17, 15) is 14.7 Å². The second kappa shape index (κ2) is 5.53. The third-order valence-electron chi connectivity index (χ3n) is 3.92. The molecule has 10 heteroatoms. The van der Waals surface area contributed by atoms with Gasteiger partial charge in [0.05, 0.1) is 17.0 Å². The topological polar surface area (TPSA) is 127 Å². The van der Waals surface area contributed by atoms with Gasteiger partial charge in [-0.15, -0.1) is 0 Å². The zero-order chi connectivity index (χ0) is 17.7. The molecular weight excluding hydrogens is 364 g/mol. The fourth-order valence-electron chi connectivity index (χ4n) is 2.95. The van der Waals surface area contributed by atoms with Crippen LogP contribution in [0, 0.1) is 9.54 Å². The Morgan fingerprint density at radius 2 is 1.56 bits per heavy atom. The molecule has 3 aromatic rings. The van der Waals surface area contributed by atoms with Crippen LogP contribution in [0.15, 0.2) is 33.9 Å². The molecule has 3 heterocycles. The van der Waals surface area contributed by atoms with Gasteiger partial charge in [0.15, 0.2) is 15.4 Å². The van der Waals surface area contributed by atoms with Crippen molar-refractivity contribution in [1.82, 2.24) is 19.9 Å². The highest BCUT2D eigenvalue weighted by Crippen LogP contribution is 2.45. The van der Waals surface area contributed by atoms with E-state index >= 15 is 0 Å². The van der Waals surface area contributed by atoms with Gasteiger partial charge in [0.1, 0.15) is 5.75 Å². The van der Waals surface area contributed by atoms with Gasteiger partial charge in [-0.05, 0) is 30.5 Å². The zero-order valence-corrected chi connectivity index (χ0v) is 14.0. The first-order chi connectivity index (χ1) is 12.0. The minimum Gasteiger partial charge on any atom is -0.494 e. The third kappa shape index (κ3) is 2.42. The molecular formula is C15H10N4O4S2. The van der Waals surface area contributed by atoms with Crippen LogP contribution in [0.4, 0.5) is 0 Å². The average Bonchev–Trinajstić information content (AvgIpc) is 2.52. The van der Waals surface area contributed by atoms with E-state index in [1.807, 2.05) is 0 Å². The molecule has 0 saturated heterocycles. The first kappa shape index (κ1) is 15.5. The quantitative estimate of drug-likeness (QED) is 0.325. The lowest BCUT2D eigenvalue weighted by molar-refractivity contribution is 0.417. The SMILES string of the molecule is O=c1[nH]c(=S)[nH]c(O)c1[C@H]1c2ccccc2Oc2[nH]c(=S)[nH]c(=O)c21. The Morgan fingerprint density at radius 3 is 2.28 bits per heavy atom. The zero-order valence-electron chi connectivity index (χ0n) is 12.4. The molecule has 0 unspecified atom stereocenters. The maximum absolute atomic E-state index is 12.5. The van der Waals surface area contributed by atoms with Gasteiger partial charge < -0.3 is 19.8 Å². The summed E-state index contributed by atoms with van der Waals surface area (Å²) < 4.78 is 5.80. The standard InChI is InChI=1S/C15H10N4O4S2/c20-10-8(11(21)17-14(24)16-10)7-5-3-1-2-4-6(5)23-13-9(7)12(22)18-15(25)19-13/h1-4,7H,(H2,18,19,22,25)(H3,16,17,20,21,24)/t7-/m1/s1. The Bertz CT molecular complexity index is 1210. The normalized spacial score (nSPS) is 15.1. The Balaban J connectivity index is 2.14. The maximum Gasteiger partial charge on any atom is 0.259 e. The molecule has 1 atom stereocenters. The van der Waals surface area contributed by atoms with E-state index in [4.69, 9.17) is 29.2 Å². The van der Waals surface area contributed by atoms with Gasteiger partial charge in [-0.2, -0.15) is 0 Å². The predicted octanol–water partition coefficient (Wildman–Crippen LogP) is 2.17. The molecule has 1 aromatic carbocycles. The van der Waals surface area contributed by atoms with E-state index in [1.165, 1.54) is 0 Å². The van der Waals surface area contributed by atoms with Gasteiger partial charge in [0.2, 0.25) is 5.88 Å². The number of rotatable bonds is 1. The number of para-hydroxylation sites is 1. The van der Waals surface area contributed by atoms with Crippen molar-refractivity contribution in [3.05, 3.63) is 71.2 Å². The fourth-order valence-corrected chi connectivity index (χ4v) is 3.32. The van der Waals surface area contributed by atoms with Crippen molar-refractivity contribution in [2.24, 2.45) is 0 Å². The summed E-state index contributed by atoms with van der Waals surface area (Å²) in [7, 11) is 0. The highest BCUT2D eigenvalue weighted by molar-refractivity contribution is 7.71. The maximum atomic E-state index is 12.5. The molecule has 5 N–H and O–H groups in total. The van der Waals surface area contributed by atoms with Crippen LogP contribution in [0.25, 0.3) is 0 Å². The number of H-pyrrole nitrogens is 4. The van der Waals surface area contributed by atoms with Crippen LogP contribution in [0.2, 0.25) is 0 Å². The van der Waals surface area contributed by atoms with Crippen molar-refractivity contribution in [3.63, 3.8) is 0 Å². The van der Waals surface area contributed by atoms with Gasteiger partial charge in [0, 0.05) is 5.56 Å². The summed E-state index contributed by atoms with van der Waals surface area (Å²) in [5.41, 5.74) is -0.465. The summed E-state index contributed by atoms with van der Waals surface area (Å²) in [4.78, 5) is 35.2. The van der Waals surface area contributed by atoms with Gasteiger partial charge in [-0.1, -0.05) is 18.2 Å². The van der Waals surface area contributed by atoms with Gasteiger partial charge in [0.25, 0.3) is 11.1 Å². The van der Waals surface area contributed by atoms with Gasteiger partial charge >= 0.3 is 0 Å². The van der Waals surface area contributed by atoms with Crippen LogP contribution >= 0.6 is 24.4 Å². The van der Waals surface area contributed by atoms with Crippen molar-refractivity contribution < 1.29 is 9.84 Å². The monoisotopic (exact) mass is 374 g/mol.